The molecule has 4 nitrogen and oxygen atoms in total. The molecule has 0 radical (unpaired) electrons. The Bertz CT molecular complexity index is 544. The molecule has 0 saturated carbocycles. The molecular formula is C17H21NO3. The Morgan fingerprint density at radius 3 is 1.90 bits per heavy atom. The number of methoxy groups -OCH3 is 3. The molecule has 0 fully saturated rings. The summed E-state index contributed by atoms with van der Waals surface area (Å²) in [5.41, 5.74) is 3.34. The molecule has 0 aliphatic rings. The van der Waals surface area contributed by atoms with Gasteiger partial charge in [0.15, 0.2) is 0 Å². The van der Waals surface area contributed by atoms with Crippen molar-refractivity contribution < 1.29 is 14.2 Å². The predicted molar refractivity (Wildman–Crippen MR) is 84.0 cm³/mol. The van der Waals surface area contributed by atoms with Gasteiger partial charge in [-0.1, -0.05) is 24.3 Å². The highest BCUT2D eigenvalue weighted by atomic mass is 16.5. The molecule has 0 bridgehead atoms. The fourth-order valence-corrected chi connectivity index (χ4v) is 2.03. The number of ether oxygens (including phenoxy) is 3. The van der Waals surface area contributed by atoms with Crippen LogP contribution in [-0.4, -0.2) is 21.3 Å². The quantitative estimate of drug-likeness (QED) is 0.846. The molecule has 0 spiro atoms. The SMILES string of the molecule is COCc1ccc(CNc2cc(OC)cc(OC)c2)cc1. The Labute approximate surface area is 125 Å². The predicted octanol–water partition coefficient (Wildman–Crippen LogP) is 3.46. The molecule has 0 aromatic heterocycles. The van der Waals surface area contributed by atoms with Gasteiger partial charge in [-0.25, -0.2) is 0 Å². The monoisotopic (exact) mass is 287 g/mol. The van der Waals surface area contributed by atoms with Crippen molar-refractivity contribution in [2.45, 2.75) is 13.2 Å². The third-order valence-corrected chi connectivity index (χ3v) is 3.18. The maximum Gasteiger partial charge on any atom is 0.124 e. The van der Waals surface area contributed by atoms with Gasteiger partial charge in [0.05, 0.1) is 20.8 Å². The molecule has 2 aromatic carbocycles. The lowest BCUT2D eigenvalue weighted by Crippen LogP contribution is -2.00. The number of nitrogens with one attached hydrogen (secondary N) is 1. The Morgan fingerprint density at radius 2 is 1.38 bits per heavy atom. The van der Waals surface area contributed by atoms with Gasteiger partial charge in [-0.05, 0) is 11.1 Å². The molecule has 4 heteroatoms. The Hall–Kier alpha value is -2.20. The molecule has 21 heavy (non-hydrogen) atoms. The zero-order chi connectivity index (χ0) is 15.1. The van der Waals surface area contributed by atoms with E-state index in [0.29, 0.717) is 6.61 Å². The molecule has 0 aliphatic heterocycles. The Morgan fingerprint density at radius 1 is 0.810 bits per heavy atom. The molecule has 2 rings (SSSR count). The van der Waals surface area contributed by atoms with Crippen molar-refractivity contribution in [3.05, 3.63) is 53.6 Å². The van der Waals surface area contributed by atoms with Crippen molar-refractivity contribution >= 4 is 5.69 Å². The van der Waals surface area contributed by atoms with E-state index in [0.717, 1.165) is 23.7 Å². The molecule has 0 amide bonds. The van der Waals surface area contributed by atoms with Crippen LogP contribution in [0.1, 0.15) is 11.1 Å². The molecule has 0 atom stereocenters. The summed E-state index contributed by atoms with van der Waals surface area (Å²) >= 11 is 0. The van der Waals surface area contributed by atoms with Gasteiger partial charge in [0.25, 0.3) is 0 Å². The first-order valence-electron chi connectivity index (χ1n) is 6.79. The highest BCUT2D eigenvalue weighted by Gasteiger charge is 2.02. The summed E-state index contributed by atoms with van der Waals surface area (Å²) in [6, 6.07) is 14.1. The highest BCUT2D eigenvalue weighted by molar-refractivity contribution is 5.54. The second kappa shape index (κ2) is 7.55. The minimum atomic E-state index is 0.640. The van der Waals surface area contributed by atoms with Crippen molar-refractivity contribution in [2.24, 2.45) is 0 Å². The van der Waals surface area contributed by atoms with Crippen molar-refractivity contribution in [3.63, 3.8) is 0 Å². The molecule has 112 valence electrons. The van der Waals surface area contributed by atoms with Crippen LogP contribution < -0.4 is 14.8 Å². The Balaban J connectivity index is 2.01. The molecule has 0 unspecified atom stereocenters. The van der Waals surface area contributed by atoms with E-state index in [-0.39, 0.29) is 0 Å². The largest absolute Gasteiger partial charge is 0.497 e. The van der Waals surface area contributed by atoms with Gasteiger partial charge >= 0.3 is 0 Å². The number of hydrogen-bond donors (Lipinski definition) is 1. The zero-order valence-corrected chi connectivity index (χ0v) is 12.7. The van der Waals surface area contributed by atoms with Crippen molar-refractivity contribution in [1.82, 2.24) is 0 Å². The number of anilines is 1. The van der Waals surface area contributed by atoms with Crippen LogP contribution in [-0.2, 0) is 17.9 Å². The lowest BCUT2D eigenvalue weighted by atomic mass is 10.1. The fourth-order valence-electron chi connectivity index (χ4n) is 2.03. The van der Waals surface area contributed by atoms with Gasteiger partial charge in [0.1, 0.15) is 11.5 Å². The van der Waals surface area contributed by atoms with Crippen LogP contribution in [0.4, 0.5) is 5.69 Å². The van der Waals surface area contributed by atoms with Gasteiger partial charge in [-0.2, -0.15) is 0 Å². The van der Waals surface area contributed by atoms with E-state index in [2.05, 4.69) is 29.6 Å². The summed E-state index contributed by atoms with van der Waals surface area (Å²) in [7, 11) is 4.99. The first-order chi connectivity index (χ1) is 10.2. The summed E-state index contributed by atoms with van der Waals surface area (Å²) in [5, 5.41) is 3.37. The maximum atomic E-state index is 5.26. The van der Waals surface area contributed by atoms with Gasteiger partial charge in [-0.3, -0.25) is 0 Å². The molecule has 0 heterocycles. The number of rotatable bonds is 7. The minimum Gasteiger partial charge on any atom is -0.497 e. The molecule has 2 aromatic rings. The van der Waals surface area contributed by atoms with E-state index >= 15 is 0 Å². The molecule has 1 N–H and O–H groups in total. The summed E-state index contributed by atoms with van der Waals surface area (Å²) < 4.78 is 15.6. The number of hydrogen-bond acceptors (Lipinski definition) is 4. The van der Waals surface area contributed by atoms with Crippen molar-refractivity contribution in [1.29, 1.82) is 0 Å². The van der Waals surface area contributed by atoms with Crippen LogP contribution in [0, 0.1) is 0 Å². The first-order valence-corrected chi connectivity index (χ1v) is 6.79. The van der Waals surface area contributed by atoms with E-state index in [1.54, 1.807) is 21.3 Å². The maximum absolute atomic E-state index is 5.26. The van der Waals surface area contributed by atoms with Crippen molar-refractivity contribution in [3.8, 4) is 11.5 Å². The van der Waals surface area contributed by atoms with Crippen LogP contribution in [0.3, 0.4) is 0 Å². The van der Waals surface area contributed by atoms with Crippen LogP contribution in [0.15, 0.2) is 42.5 Å². The summed E-state index contributed by atoms with van der Waals surface area (Å²) in [6.07, 6.45) is 0. The summed E-state index contributed by atoms with van der Waals surface area (Å²) in [6.45, 7) is 1.38. The third-order valence-electron chi connectivity index (χ3n) is 3.18. The van der Waals surface area contributed by atoms with E-state index < -0.39 is 0 Å². The standard InChI is InChI=1S/C17H21NO3/c1-19-12-14-6-4-13(5-7-14)11-18-15-8-16(20-2)10-17(9-15)21-3/h4-10,18H,11-12H2,1-3H3. The first kappa shape index (κ1) is 15.2. The topological polar surface area (TPSA) is 39.7 Å². The third kappa shape index (κ3) is 4.39. The van der Waals surface area contributed by atoms with Gasteiger partial charge in [0, 0.05) is 37.5 Å². The average molecular weight is 287 g/mol. The van der Waals surface area contributed by atoms with Crippen LogP contribution in [0.25, 0.3) is 0 Å². The van der Waals surface area contributed by atoms with Gasteiger partial charge in [0.2, 0.25) is 0 Å². The van der Waals surface area contributed by atoms with Gasteiger partial charge in [-0.15, -0.1) is 0 Å². The minimum absolute atomic E-state index is 0.640. The zero-order valence-electron chi connectivity index (χ0n) is 12.7. The lowest BCUT2D eigenvalue weighted by Gasteiger charge is -2.11. The summed E-state index contributed by atoms with van der Waals surface area (Å²) in [4.78, 5) is 0. The smallest absolute Gasteiger partial charge is 0.124 e. The average Bonchev–Trinajstić information content (AvgIpc) is 2.54. The highest BCUT2D eigenvalue weighted by Crippen LogP contribution is 2.26. The van der Waals surface area contributed by atoms with Gasteiger partial charge < -0.3 is 19.5 Å². The van der Waals surface area contributed by atoms with Crippen LogP contribution in [0.5, 0.6) is 11.5 Å². The number of benzene rings is 2. The van der Waals surface area contributed by atoms with E-state index in [1.165, 1.54) is 11.1 Å². The van der Waals surface area contributed by atoms with Crippen molar-refractivity contribution in [2.75, 3.05) is 26.6 Å². The Kier molecular flexibility index (Phi) is 5.46. The molecule has 0 saturated heterocycles. The van der Waals surface area contributed by atoms with Crippen LogP contribution >= 0.6 is 0 Å². The van der Waals surface area contributed by atoms with E-state index in [4.69, 9.17) is 14.2 Å². The normalized spacial score (nSPS) is 10.2. The fraction of sp³-hybridized carbons (Fsp3) is 0.294. The second-order valence-corrected chi connectivity index (χ2v) is 4.70. The second-order valence-electron chi connectivity index (χ2n) is 4.70. The molecular weight excluding hydrogens is 266 g/mol. The lowest BCUT2D eigenvalue weighted by molar-refractivity contribution is 0.185. The summed E-state index contributed by atoms with van der Waals surface area (Å²) in [5.74, 6) is 1.54. The van der Waals surface area contributed by atoms with E-state index in [9.17, 15) is 0 Å². The van der Waals surface area contributed by atoms with E-state index in [1.807, 2.05) is 18.2 Å². The van der Waals surface area contributed by atoms with Crippen LogP contribution in [0.2, 0.25) is 0 Å². The molecule has 0 aliphatic carbocycles.